The summed E-state index contributed by atoms with van der Waals surface area (Å²) in [4.78, 5) is 20.7. The van der Waals surface area contributed by atoms with Gasteiger partial charge in [0.15, 0.2) is 0 Å². The third-order valence-corrected chi connectivity index (χ3v) is 7.31. The molecule has 4 nitrogen and oxygen atoms in total. The summed E-state index contributed by atoms with van der Waals surface area (Å²) in [7, 11) is 0. The van der Waals surface area contributed by atoms with Crippen LogP contribution in [0.15, 0.2) is 0 Å². The van der Waals surface area contributed by atoms with Gasteiger partial charge < -0.3 is 0 Å². The van der Waals surface area contributed by atoms with Crippen molar-refractivity contribution in [2.75, 3.05) is 23.0 Å². The third kappa shape index (κ3) is 1.89. The van der Waals surface area contributed by atoms with Crippen LogP contribution in [0.2, 0.25) is 0 Å². The predicted molar refractivity (Wildman–Crippen MR) is 51.5 cm³/mol. The van der Waals surface area contributed by atoms with Gasteiger partial charge in [-0.3, -0.25) is 0 Å². The van der Waals surface area contributed by atoms with E-state index in [1.165, 1.54) is 6.42 Å². The molecule has 1 amide bonds. The molecule has 94 valence electrons. The van der Waals surface area contributed by atoms with Crippen LogP contribution in [-0.4, -0.2) is 59.1 Å². The number of fused-ring (bicyclic) bond motifs is 2. The Labute approximate surface area is 117 Å². The second-order valence-corrected chi connectivity index (χ2v) is 8.91. The normalized spacial score (nSPS) is 42.2. The minimum atomic E-state index is -0.265. The molecule has 0 spiro atoms. The SMILES string of the molecule is C[I-]C(=O)N1CC2CC1CN2C1OC1[I-]C. The van der Waals surface area contributed by atoms with Gasteiger partial charge in [0.1, 0.15) is 0 Å². The topological polar surface area (TPSA) is 36.1 Å². The van der Waals surface area contributed by atoms with Gasteiger partial charge in [-0.25, -0.2) is 0 Å². The summed E-state index contributed by atoms with van der Waals surface area (Å²) in [5, 5.41) is 0. The van der Waals surface area contributed by atoms with Gasteiger partial charge in [0.25, 0.3) is 0 Å². The number of rotatable bonds is 3. The molecule has 3 aliphatic rings. The van der Waals surface area contributed by atoms with Crippen LogP contribution in [0.5, 0.6) is 0 Å². The molecule has 2 bridgehead atoms. The first-order valence-electron chi connectivity index (χ1n) is 5.44. The van der Waals surface area contributed by atoms with E-state index < -0.39 is 0 Å². The summed E-state index contributed by atoms with van der Waals surface area (Å²) in [5.41, 5.74) is 0. The second kappa shape index (κ2) is 4.51. The average Bonchev–Trinajstić information content (AvgIpc) is 2.83. The van der Waals surface area contributed by atoms with Gasteiger partial charge >= 0.3 is 117 Å². The second-order valence-electron chi connectivity index (χ2n) is 4.43. The fourth-order valence-electron chi connectivity index (χ4n) is 2.81. The molecule has 3 aliphatic heterocycles. The maximum atomic E-state index is 11.7. The number of hydrogen-bond acceptors (Lipinski definition) is 3. The molecule has 0 aromatic heterocycles. The van der Waals surface area contributed by atoms with Crippen molar-refractivity contribution in [3.8, 4) is 0 Å². The number of epoxide rings is 1. The van der Waals surface area contributed by atoms with E-state index in [0.29, 0.717) is 26.3 Å². The fourth-order valence-corrected chi connectivity index (χ4v) is 5.64. The number of ether oxygens (including phenoxy) is 1. The van der Waals surface area contributed by atoms with E-state index in [0.717, 1.165) is 13.1 Å². The van der Waals surface area contributed by atoms with E-state index in [2.05, 4.69) is 19.7 Å². The van der Waals surface area contributed by atoms with Crippen LogP contribution >= 0.6 is 0 Å². The Morgan fingerprint density at radius 2 is 2.12 bits per heavy atom. The van der Waals surface area contributed by atoms with Crippen molar-refractivity contribution in [3.05, 3.63) is 0 Å². The molecule has 3 saturated heterocycles. The number of likely N-dealkylation sites (tertiary alicyclic amines) is 2. The molecule has 0 N–H and O–H groups in total. The van der Waals surface area contributed by atoms with Crippen LogP contribution in [0.25, 0.3) is 0 Å². The summed E-state index contributed by atoms with van der Waals surface area (Å²) in [6.45, 7) is 2.02. The van der Waals surface area contributed by atoms with Gasteiger partial charge in [0.2, 0.25) is 0 Å². The van der Waals surface area contributed by atoms with Crippen molar-refractivity contribution in [2.24, 2.45) is 0 Å². The Kier molecular flexibility index (Phi) is 3.36. The Bertz CT molecular complexity index is 315. The molecular weight excluding hydrogens is 434 g/mol. The summed E-state index contributed by atoms with van der Waals surface area (Å²) in [6, 6.07) is 1.09. The van der Waals surface area contributed by atoms with Crippen LogP contribution in [-0.2, 0) is 4.74 Å². The van der Waals surface area contributed by atoms with Crippen LogP contribution in [0.4, 0.5) is 4.79 Å². The van der Waals surface area contributed by atoms with Crippen LogP contribution in [0.1, 0.15) is 6.42 Å². The molecule has 3 rings (SSSR count). The van der Waals surface area contributed by atoms with E-state index >= 15 is 0 Å². The minimum absolute atomic E-state index is 0.224. The molecule has 6 heteroatoms. The number of amides is 1. The van der Waals surface area contributed by atoms with Crippen molar-refractivity contribution in [1.29, 1.82) is 0 Å². The monoisotopic (exact) mass is 450 g/mol. The van der Waals surface area contributed by atoms with Crippen LogP contribution < -0.4 is 42.4 Å². The molecule has 16 heavy (non-hydrogen) atoms. The Balaban J connectivity index is 1.61. The average molecular weight is 450 g/mol. The van der Waals surface area contributed by atoms with Gasteiger partial charge in [-0.1, -0.05) is 0 Å². The molecule has 0 radical (unpaired) electrons. The van der Waals surface area contributed by atoms with E-state index in [-0.39, 0.29) is 42.4 Å². The molecule has 3 fully saturated rings. The standard InChI is InChI=1S/C10H16I2N2O2/c1-11-8-9(16-8)13-4-7-3-6(13)5-14(7)10(15)12-2/h6-9H,3-5H2,1-2H3/q-2. The van der Waals surface area contributed by atoms with Crippen molar-refractivity contribution in [2.45, 2.75) is 28.8 Å². The van der Waals surface area contributed by atoms with Gasteiger partial charge in [-0.05, 0) is 0 Å². The Hall–Kier alpha value is 0.850. The van der Waals surface area contributed by atoms with Crippen molar-refractivity contribution >= 4 is 3.91 Å². The van der Waals surface area contributed by atoms with E-state index in [1.807, 2.05) is 0 Å². The zero-order chi connectivity index (χ0) is 11.3. The molecule has 3 heterocycles. The predicted octanol–water partition coefficient (Wildman–Crippen LogP) is -6.02. The summed E-state index contributed by atoms with van der Waals surface area (Å²) in [6.07, 6.45) is 1.60. The first-order chi connectivity index (χ1) is 7.74. The van der Waals surface area contributed by atoms with Crippen LogP contribution in [0, 0.1) is 0 Å². The first-order valence-corrected chi connectivity index (χ1v) is 12.1. The molecule has 0 aromatic rings. The number of nitrogens with zero attached hydrogens (tertiary/aromatic N) is 2. The van der Waals surface area contributed by atoms with Crippen molar-refractivity contribution in [3.63, 3.8) is 0 Å². The first kappa shape index (κ1) is 11.9. The van der Waals surface area contributed by atoms with Gasteiger partial charge in [0, 0.05) is 0 Å². The third-order valence-electron chi connectivity index (χ3n) is 3.63. The van der Waals surface area contributed by atoms with Gasteiger partial charge in [-0.2, -0.15) is 0 Å². The number of alkyl halides is 3. The summed E-state index contributed by atoms with van der Waals surface area (Å²) in [5.74, 6) is 0. The zero-order valence-electron chi connectivity index (χ0n) is 9.40. The molecular formula is C10H16I2N2O2-2. The molecule has 0 aliphatic carbocycles. The molecule has 0 aromatic carbocycles. The van der Waals surface area contributed by atoms with E-state index in [1.54, 1.807) is 0 Å². The number of carbonyl (C=O) groups is 1. The number of piperazine rings is 1. The van der Waals surface area contributed by atoms with Gasteiger partial charge in [0.05, 0.1) is 0 Å². The fraction of sp³-hybridized carbons (Fsp3) is 0.900. The van der Waals surface area contributed by atoms with E-state index in [9.17, 15) is 4.79 Å². The number of carbonyl (C=O) groups excluding carboxylic acids is 1. The van der Waals surface area contributed by atoms with Crippen molar-refractivity contribution < 1.29 is 51.9 Å². The van der Waals surface area contributed by atoms with Gasteiger partial charge in [-0.15, -0.1) is 0 Å². The Morgan fingerprint density at radius 3 is 2.62 bits per heavy atom. The number of hydrogen-bond donors (Lipinski definition) is 0. The quantitative estimate of drug-likeness (QED) is 0.141. The summed E-state index contributed by atoms with van der Waals surface area (Å²) >= 11 is -0.0408. The zero-order valence-corrected chi connectivity index (χ0v) is 13.7. The molecule has 4 atom stereocenters. The molecule has 0 saturated carbocycles. The summed E-state index contributed by atoms with van der Waals surface area (Å²) < 4.78 is 6.71. The Morgan fingerprint density at radius 1 is 1.31 bits per heavy atom. The maximum absolute atomic E-state index is 11.7. The van der Waals surface area contributed by atoms with Crippen molar-refractivity contribution in [1.82, 2.24) is 9.80 Å². The van der Waals surface area contributed by atoms with Crippen LogP contribution in [0.3, 0.4) is 0 Å². The van der Waals surface area contributed by atoms with E-state index in [4.69, 9.17) is 4.74 Å². The molecule has 4 unspecified atom stereocenters. The number of halogens is 2.